The van der Waals surface area contributed by atoms with Crippen molar-refractivity contribution in [1.29, 1.82) is 0 Å². The summed E-state index contributed by atoms with van der Waals surface area (Å²) < 4.78 is 68.5. The number of unbranched alkanes of at least 4 members (excludes halogenated alkanes) is 1. The maximum atomic E-state index is 12.9. The molecule has 0 spiro atoms. The van der Waals surface area contributed by atoms with E-state index in [0.717, 1.165) is 12.1 Å². The lowest BCUT2D eigenvalue weighted by molar-refractivity contribution is -0.201. The van der Waals surface area contributed by atoms with Gasteiger partial charge in [-0.15, -0.1) is 0 Å². The normalized spacial score (nSPS) is 12.3. The van der Waals surface area contributed by atoms with E-state index in [1.54, 1.807) is 0 Å². The van der Waals surface area contributed by atoms with E-state index >= 15 is 0 Å². The van der Waals surface area contributed by atoms with Crippen molar-refractivity contribution in [2.24, 2.45) is 0 Å². The predicted octanol–water partition coefficient (Wildman–Crippen LogP) is 4.44. The van der Waals surface area contributed by atoms with Gasteiger partial charge in [-0.1, -0.05) is 6.07 Å². The molecular weight excluding hydrogens is 295 g/mol. The zero-order chi connectivity index (χ0) is 16.1. The predicted molar refractivity (Wildman–Crippen MR) is 66.1 cm³/mol. The molecule has 0 unspecified atom stereocenters. The SMILES string of the molecule is CC(F)(F)C(F)(F)CCCCOC(=O)c1cccc(F)c1. The minimum atomic E-state index is -4.08. The van der Waals surface area contributed by atoms with Crippen LogP contribution in [0, 0.1) is 5.82 Å². The maximum Gasteiger partial charge on any atom is 0.338 e. The summed E-state index contributed by atoms with van der Waals surface area (Å²) in [6, 6.07) is 4.81. The Bertz CT molecular complexity index is 482. The molecular formula is C14H15F5O2. The van der Waals surface area contributed by atoms with Gasteiger partial charge in [-0.25, -0.2) is 18.0 Å². The molecule has 0 amide bonds. The number of benzene rings is 1. The lowest BCUT2D eigenvalue weighted by Gasteiger charge is -2.22. The summed E-state index contributed by atoms with van der Waals surface area (Å²) >= 11 is 0. The largest absolute Gasteiger partial charge is 0.462 e. The molecule has 0 saturated carbocycles. The molecule has 0 aromatic heterocycles. The molecule has 1 aromatic carbocycles. The van der Waals surface area contributed by atoms with Crippen LogP contribution in [0.3, 0.4) is 0 Å². The van der Waals surface area contributed by atoms with E-state index in [1.807, 2.05) is 0 Å². The van der Waals surface area contributed by atoms with Crippen LogP contribution in [0.5, 0.6) is 0 Å². The van der Waals surface area contributed by atoms with Crippen LogP contribution in [-0.2, 0) is 4.74 Å². The number of ether oxygens (including phenoxy) is 1. The molecule has 21 heavy (non-hydrogen) atoms. The third-order valence-corrected chi connectivity index (χ3v) is 2.82. The van der Waals surface area contributed by atoms with Crippen LogP contribution in [0.25, 0.3) is 0 Å². The molecule has 0 heterocycles. The Morgan fingerprint density at radius 2 is 1.86 bits per heavy atom. The van der Waals surface area contributed by atoms with Crippen molar-refractivity contribution in [3.05, 3.63) is 35.6 Å². The number of hydrogen-bond acceptors (Lipinski definition) is 2. The summed E-state index contributed by atoms with van der Waals surface area (Å²) in [6.45, 7) is -0.0301. The summed E-state index contributed by atoms with van der Waals surface area (Å²) in [6.07, 6.45) is -1.19. The molecule has 7 heteroatoms. The van der Waals surface area contributed by atoms with Crippen LogP contribution in [-0.4, -0.2) is 24.4 Å². The van der Waals surface area contributed by atoms with Crippen molar-refractivity contribution in [2.45, 2.75) is 38.0 Å². The van der Waals surface area contributed by atoms with E-state index in [9.17, 15) is 26.7 Å². The number of rotatable bonds is 7. The van der Waals surface area contributed by atoms with Crippen LogP contribution in [0.15, 0.2) is 24.3 Å². The molecule has 0 aliphatic carbocycles. The Balaban J connectivity index is 2.31. The molecule has 0 N–H and O–H groups in total. The topological polar surface area (TPSA) is 26.3 Å². The highest BCUT2D eigenvalue weighted by Gasteiger charge is 2.51. The molecule has 0 fully saturated rings. The first kappa shape index (κ1) is 17.4. The fourth-order valence-electron chi connectivity index (χ4n) is 1.53. The van der Waals surface area contributed by atoms with Gasteiger partial charge in [-0.2, -0.15) is 8.78 Å². The van der Waals surface area contributed by atoms with Gasteiger partial charge in [0.25, 0.3) is 0 Å². The van der Waals surface area contributed by atoms with E-state index in [0.29, 0.717) is 0 Å². The van der Waals surface area contributed by atoms with Crippen LogP contribution < -0.4 is 0 Å². The standard InChI is InChI=1S/C14H15F5O2/c1-13(16,17)14(18,19)7-2-3-8-21-12(20)10-5-4-6-11(15)9-10/h4-6,9H,2-3,7-8H2,1H3. The molecule has 118 valence electrons. The second-order valence-electron chi connectivity index (χ2n) is 4.70. The van der Waals surface area contributed by atoms with Gasteiger partial charge in [0, 0.05) is 13.3 Å². The van der Waals surface area contributed by atoms with Gasteiger partial charge in [0.05, 0.1) is 12.2 Å². The molecule has 0 aliphatic heterocycles. The Hall–Kier alpha value is -1.66. The van der Waals surface area contributed by atoms with Gasteiger partial charge in [0.2, 0.25) is 0 Å². The third kappa shape index (κ3) is 5.32. The lowest BCUT2D eigenvalue weighted by atomic mass is 10.1. The number of carbonyl (C=O) groups is 1. The summed E-state index contributed by atoms with van der Waals surface area (Å²) in [5.74, 6) is -9.55. The molecule has 2 nitrogen and oxygen atoms in total. The molecule has 0 aliphatic rings. The van der Waals surface area contributed by atoms with E-state index in [-0.39, 0.29) is 31.9 Å². The molecule has 0 saturated heterocycles. The fraction of sp³-hybridized carbons (Fsp3) is 0.500. The quantitative estimate of drug-likeness (QED) is 0.423. The van der Waals surface area contributed by atoms with Crippen LogP contribution in [0.2, 0.25) is 0 Å². The average molecular weight is 310 g/mol. The molecule has 0 bridgehead atoms. The summed E-state index contributed by atoms with van der Waals surface area (Å²) in [5.41, 5.74) is 0.000390. The van der Waals surface area contributed by atoms with Crippen molar-refractivity contribution in [3.63, 3.8) is 0 Å². The van der Waals surface area contributed by atoms with Crippen molar-refractivity contribution < 1.29 is 31.5 Å². The second kappa shape index (κ2) is 6.87. The van der Waals surface area contributed by atoms with Gasteiger partial charge in [-0.05, 0) is 31.0 Å². The van der Waals surface area contributed by atoms with Gasteiger partial charge in [-0.3, -0.25) is 0 Å². The van der Waals surface area contributed by atoms with Crippen LogP contribution in [0.4, 0.5) is 22.0 Å². The smallest absolute Gasteiger partial charge is 0.338 e. The van der Waals surface area contributed by atoms with Crippen LogP contribution >= 0.6 is 0 Å². The average Bonchev–Trinajstić information content (AvgIpc) is 2.36. The first-order valence-corrected chi connectivity index (χ1v) is 6.32. The van der Waals surface area contributed by atoms with Crippen LogP contribution in [0.1, 0.15) is 36.5 Å². The van der Waals surface area contributed by atoms with Gasteiger partial charge >= 0.3 is 17.8 Å². The third-order valence-electron chi connectivity index (χ3n) is 2.82. The van der Waals surface area contributed by atoms with Gasteiger partial charge < -0.3 is 4.74 Å². The molecule has 1 aromatic rings. The number of halogens is 5. The Kier molecular flexibility index (Phi) is 5.69. The minimum absolute atomic E-state index is 0.000390. The van der Waals surface area contributed by atoms with E-state index in [4.69, 9.17) is 4.74 Å². The number of esters is 1. The Morgan fingerprint density at radius 3 is 2.43 bits per heavy atom. The number of alkyl halides is 4. The first-order valence-electron chi connectivity index (χ1n) is 6.32. The monoisotopic (exact) mass is 310 g/mol. The zero-order valence-electron chi connectivity index (χ0n) is 11.3. The zero-order valence-corrected chi connectivity index (χ0v) is 11.3. The Morgan fingerprint density at radius 1 is 1.19 bits per heavy atom. The lowest BCUT2D eigenvalue weighted by Crippen LogP contribution is -2.37. The molecule has 0 radical (unpaired) electrons. The second-order valence-corrected chi connectivity index (χ2v) is 4.70. The van der Waals surface area contributed by atoms with E-state index < -0.39 is 30.1 Å². The highest BCUT2D eigenvalue weighted by atomic mass is 19.3. The number of hydrogen-bond donors (Lipinski definition) is 0. The summed E-state index contributed by atoms with van der Waals surface area (Å²) in [5, 5.41) is 0. The van der Waals surface area contributed by atoms with Crippen molar-refractivity contribution in [1.82, 2.24) is 0 Å². The first-order chi connectivity index (χ1) is 9.63. The summed E-state index contributed by atoms with van der Waals surface area (Å²) in [7, 11) is 0. The molecule has 0 atom stereocenters. The van der Waals surface area contributed by atoms with Gasteiger partial charge in [0.1, 0.15) is 5.82 Å². The maximum absolute atomic E-state index is 12.9. The van der Waals surface area contributed by atoms with E-state index in [1.165, 1.54) is 12.1 Å². The van der Waals surface area contributed by atoms with Crippen molar-refractivity contribution in [2.75, 3.05) is 6.61 Å². The highest BCUT2D eigenvalue weighted by Crippen LogP contribution is 2.37. The highest BCUT2D eigenvalue weighted by molar-refractivity contribution is 5.89. The van der Waals surface area contributed by atoms with Gasteiger partial charge in [0.15, 0.2) is 0 Å². The van der Waals surface area contributed by atoms with Crippen molar-refractivity contribution in [3.8, 4) is 0 Å². The summed E-state index contributed by atoms with van der Waals surface area (Å²) in [4.78, 5) is 11.5. The van der Waals surface area contributed by atoms with Crippen molar-refractivity contribution >= 4 is 5.97 Å². The van der Waals surface area contributed by atoms with E-state index in [2.05, 4.69) is 0 Å². The fourth-order valence-corrected chi connectivity index (χ4v) is 1.53. The minimum Gasteiger partial charge on any atom is -0.462 e. The number of carbonyl (C=O) groups excluding carboxylic acids is 1. The Labute approximate surface area is 118 Å². The molecule has 1 rings (SSSR count).